The molecule has 11 heteroatoms. The number of carbonyl (C=O) groups excluding carboxylic acids is 2. The van der Waals surface area contributed by atoms with Crippen LogP contribution in [0.3, 0.4) is 0 Å². The van der Waals surface area contributed by atoms with Crippen LogP contribution >= 0.6 is 0 Å². The second kappa shape index (κ2) is 9.90. The Morgan fingerprint density at radius 3 is 2.59 bits per heavy atom. The molecule has 1 fully saturated rings. The van der Waals surface area contributed by atoms with Crippen LogP contribution in [0.4, 0.5) is 10.2 Å². The van der Waals surface area contributed by atoms with Crippen LogP contribution in [0.1, 0.15) is 86.7 Å². The van der Waals surface area contributed by atoms with Gasteiger partial charge in [0.1, 0.15) is 23.7 Å². The first-order valence-electron chi connectivity index (χ1n) is 13.9. The van der Waals surface area contributed by atoms with E-state index < -0.39 is 17.1 Å². The molecule has 1 saturated carbocycles. The van der Waals surface area contributed by atoms with E-state index in [1.807, 2.05) is 43.8 Å². The summed E-state index contributed by atoms with van der Waals surface area (Å²) in [5.74, 6) is -0.131. The van der Waals surface area contributed by atoms with Gasteiger partial charge in [0, 0.05) is 23.9 Å². The minimum absolute atomic E-state index is 0.0265. The zero-order chi connectivity index (χ0) is 29.1. The lowest BCUT2D eigenvalue weighted by molar-refractivity contribution is -0.140. The SMILES string of the molecule is CC(C)n1cnnc1-c1cccc(NC(=O)c2cc3c(cc2F)CN(C(=O)C(C)(C)C)Cc2c(C4CC4)ncn2-3)n1. The van der Waals surface area contributed by atoms with E-state index in [9.17, 15) is 9.59 Å². The van der Waals surface area contributed by atoms with E-state index in [0.717, 1.165) is 24.2 Å². The summed E-state index contributed by atoms with van der Waals surface area (Å²) in [5, 5.41) is 10.9. The minimum atomic E-state index is -0.675. The van der Waals surface area contributed by atoms with Crippen molar-refractivity contribution in [3.63, 3.8) is 0 Å². The van der Waals surface area contributed by atoms with E-state index in [2.05, 4.69) is 25.5 Å². The molecule has 10 nitrogen and oxygen atoms in total. The predicted octanol–water partition coefficient (Wildman–Crippen LogP) is 5.26. The number of nitrogens with zero attached hydrogens (tertiary/aromatic N) is 7. The summed E-state index contributed by atoms with van der Waals surface area (Å²) in [5.41, 5.74) is 2.95. The first-order valence-corrected chi connectivity index (χ1v) is 13.9. The molecule has 0 radical (unpaired) electrons. The van der Waals surface area contributed by atoms with Crippen molar-refractivity contribution in [2.24, 2.45) is 5.41 Å². The van der Waals surface area contributed by atoms with Crippen LogP contribution in [0, 0.1) is 11.2 Å². The monoisotopic (exact) mass is 556 g/mol. The fraction of sp³-hybridized carbons (Fsp3) is 0.400. The fourth-order valence-corrected chi connectivity index (χ4v) is 5.25. The van der Waals surface area contributed by atoms with Gasteiger partial charge in [0.2, 0.25) is 5.91 Å². The Labute approximate surface area is 237 Å². The number of imidazole rings is 1. The Bertz CT molecular complexity index is 1660. The summed E-state index contributed by atoms with van der Waals surface area (Å²) in [7, 11) is 0. The first kappa shape index (κ1) is 26.8. The van der Waals surface area contributed by atoms with Gasteiger partial charge < -0.3 is 19.4 Å². The highest BCUT2D eigenvalue weighted by molar-refractivity contribution is 6.04. The molecule has 0 spiro atoms. The molecule has 0 atom stereocenters. The first-order chi connectivity index (χ1) is 19.5. The van der Waals surface area contributed by atoms with Crippen molar-refractivity contribution in [3.8, 4) is 17.2 Å². The van der Waals surface area contributed by atoms with Gasteiger partial charge in [-0.25, -0.2) is 14.4 Å². The smallest absolute Gasteiger partial charge is 0.259 e. The summed E-state index contributed by atoms with van der Waals surface area (Å²) in [4.78, 5) is 37.8. The number of hydrogen-bond acceptors (Lipinski definition) is 6. The Kier molecular flexibility index (Phi) is 6.47. The third-order valence-electron chi connectivity index (χ3n) is 7.52. The normalized spacial score (nSPS) is 15.0. The maximum Gasteiger partial charge on any atom is 0.259 e. The van der Waals surface area contributed by atoms with Crippen LogP contribution in [-0.4, -0.2) is 46.0 Å². The molecular weight excluding hydrogens is 523 g/mol. The number of hydrogen-bond donors (Lipinski definition) is 1. The number of aromatic nitrogens is 6. The van der Waals surface area contributed by atoms with Crippen molar-refractivity contribution in [2.75, 3.05) is 5.32 Å². The summed E-state index contributed by atoms with van der Waals surface area (Å²) in [6.07, 6.45) is 5.47. The molecule has 2 amide bonds. The lowest BCUT2D eigenvalue weighted by Crippen LogP contribution is -2.38. The molecule has 1 aromatic carbocycles. The molecule has 3 aromatic heterocycles. The van der Waals surface area contributed by atoms with Gasteiger partial charge in [-0.1, -0.05) is 26.8 Å². The molecule has 2 aliphatic rings. The van der Waals surface area contributed by atoms with Gasteiger partial charge in [0.25, 0.3) is 5.91 Å². The molecule has 0 saturated heterocycles. The average Bonchev–Trinajstić information content (AvgIpc) is 3.52. The Morgan fingerprint density at radius 1 is 1.10 bits per heavy atom. The fourth-order valence-electron chi connectivity index (χ4n) is 5.25. The van der Waals surface area contributed by atoms with Gasteiger partial charge in [-0.15, -0.1) is 10.2 Å². The van der Waals surface area contributed by atoms with E-state index in [0.29, 0.717) is 35.2 Å². The van der Waals surface area contributed by atoms with E-state index in [4.69, 9.17) is 0 Å². The van der Waals surface area contributed by atoms with E-state index >= 15 is 4.39 Å². The summed E-state index contributed by atoms with van der Waals surface area (Å²) in [6.45, 7) is 10.3. The average molecular weight is 557 g/mol. The highest BCUT2D eigenvalue weighted by atomic mass is 19.1. The molecule has 4 aromatic rings. The number of halogens is 1. The quantitative estimate of drug-likeness (QED) is 0.359. The number of rotatable bonds is 5. The second-order valence-corrected chi connectivity index (χ2v) is 12.1. The van der Waals surface area contributed by atoms with Gasteiger partial charge >= 0.3 is 0 Å². The Balaban J connectivity index is 1.35. The highest BCUT2D eigenvalue weighted by Gasteiger charge is 2.36. The van der Waals surface area contributed by atoms with Crippen molar-refractivity contribution < 1.29 is 14.0 Å². The van der Waals surface area contributed by atoms with Gasteiger partial charge in [0.15, 0.2) is 5.82 Å². The molecule has 212 valence electrons. The van der Waals surface area contributed by atoms with Gasteiger partial charge in [-0.3, -0.25) is 9.59 Å². The molecule has 41 heavy (non-hydrogen) atoms. The van der Waals surface area contributed by atoms with E-state index in [1.54, 1.807) is 41.8 Å². The number of nitrogens with one attached hydrogen (secondary N) is 1. The maximum absolute atomic E-state index is 15.6. The maximum atomic E-state index is 15.6. The Morgan fingerprint density at radius 2 is 1.88 bits per heavy atom. The molecular formula is C30H33FN8O2. The van der Waals surface area contributed by atoms with Crippen LogP contribution in [0.2, 0.25) is 0 Å². The number of amides is 2. The molecule has 4 heterocycles. The number of anilines is 1. The third-order valence-corrected chi connectivity index (χ3v) is 7.52. The molecule has 1 aliphatic carbocycles. The van der Waals surface area contributed by atoms with E-state index in [1.165, 1.54) is 6.07 Å². The van der Waals surface area contributed by atoms with Crippen LogP contribution < -0.4 is 5.32 Å². The second-order valence-electron chi connectivity index (χ2n) is 12.1. The lowest BCUT2D eigenvalue weighted by Gasteiger charge is -2.28. The molecule has 1 N–H and O–H groups in total. The van der Waals surface area contributed by atoms with Gasteiger partial charge in [0.05, 0.1) is 35.5 Å². The van der Waals surface area contributed by atoms with Crippen molar-refractivity contribution in [3.05, 3.63) is 71.3 Å². The van der Waals surface area contributed by atoms with Crippen molar-refractivity contribution in [1.29, 1.82) is 0 Å². The van der Waals surface area contributed by atoms with Crippen LogP contribution in [0.25, 0.3) is 17.2 Å². The van der Waals surface area contributed by atoms with Crippen molar-refractivity contribution >= 4 is 17.6 Å². The largest absolute Gasteiger partial charge is 0.332 e. The molecule has 6 rings (SSSR count). The topological polar surface area (TPSA) is 111 Å². The van der Waals surface area contributed by atoms with Crippen LogP contribution in [0.15, 0.2) is 43.0 Å². The van der Waals surface area contributed by atoms with Crippen LogP contribution in [0.5, 0.6) is 0 Å². The standard InChI is InChI=1S/C30H33FN8O2/c1-17(2)38-16-33-36-27(38)22-7-6-8-25(34-22)35-28(40)20-12-23-19(11-21(20)31)13-37(29(41)30(3,4)5)14-24-26(18-9-10-18)32-15-39(23)24/h6-8,11-12,15-18H,9-10,13-14H2,1-5H3,(H,34,35,40). The highest BCUT2D eigenvalue weighted by Crippen LogP contribution is 2.43. The molecule has 0 unspecified atom stereocenters. The van der Waals surface area contributed by atoms with Crippen molar-refractivity contribution in [1.82, 2.24) is 34.2 Å². The molecule has 0 bridgehead atoms. The van der Waals surface area contributed by atoms with Crippen LogP contribution in [-0.2, 0) is 17.9 Å². The zero-order valence-electron chi connectivity index (χ0n) is 23.8. The zero-order valence-corrected chi connectivity index (χ0v) is 23.8. The Hall–Kier alpha value is -4.41. The number of benzene rings is 1. The number of pyridine rings is 1. The number of fused-ring (bicyclic) bond motifs is 3. The minimum Gasteiger partial charge on any atom is -0.332 e. The van der Waals surface area contributed by atoms with Gasteiger partial charge in [-0.05, 0) is 56.5 Å². The van der Waals surface area contributed by atoms with Gasteiger partial charge in [-0.2, -0.15) is 0 Å². The number of carbonyl (C=O) groups is 2. The summed E-state index contributed by atoms with van der Waals surface area (Å²) in [6, 6.07) is 8.20. The lowest BCUT2D eigenvalue weighted by atomic mass is 9.94. The predicted molar refractivity (Wildman–Crippen MR) is 151 cm³/mol. The summed E-state index contributed by atoms with van der Waals surface area (Å²) >= 11 is 0. The molecule has 1 aliphatic heterocycles. The van der Waals surface area contributed by atoms with E-state index in [-0.39, 0.29) is 29.9 Å². The third kappa shape index (κ3) is 5.00. The summed E-state index contributed by atoms with van der Waals surface area (Å²) < 4.78 is 19.3. The van der Waals surface area contributed by atoms with Crippen molar-refractivity contribution in [2.45, 2.75) is 72.5 Å².